The van der Waals surface area contributed by atoms with Crippen LogP contribution in [0.2, 0.25) is 0 Å². The lowest BCUT2D eigenvalue weighted by molar-refractivity contribution is 0.521. The van der Waals surface area contributed by atoms with Crippen LogP contribution in [-0.4, -0.2) is 14.5 Å². The van der Waals surface area contributed by atoms with Gasteiger partial charge in [0.05, 0.1) is 0 Å². The summed E-state index contributed by atoms with van der Waals surface area (Å²) >= 11 is 6.17. The molecule has 0 unspecified atom stereocenters. The van der Waals surface area contributed by atoms with Crippen LogP contribution in [0.5, 0.6) is 0 Å². The Labute approximate surface area is 104 Å². The smallest absolute Gasteiger partial charge is 0.300 e. The second kappa shape index (κ2) is 3.48. The van der Waals surface area contributed by atoms with E-state index in [1.807, 2.05) is 0 Å². The predicted octanol–water partition coefficient (Wildman–Crippen LogP) is 0.741. The summed E-state index contributed by atoms with van der Waals surface area (Å²) in [5, 5.41) is 0.181. The monoisotopic (exact) mass is 254 g/mol. The number of alkyl halides is 1. The number of halogens is 1. The molecule has 0 radical (unpaired) electrons. The molecule has 1 heterocycles. The molecule has 0 bridgehead atoms. The van der Waals surface area contributed by atoms with Gasteiger partial charge in [-0.05, 0) is 31.1 Å². The lowest BCUT2D eigenvalue weighted by atomic mass is 9.97. The standard InChI is InChI=1S/C12H15ClN2O2/c1-14-9-4-6-3-7(13)5-8(6)10(9)11(16)15(2)12(14)17/h6-8H,3-5H2,1-2H3/t6-,7+,8-/m0/s1. The molecule has 2 aliphatic carbocycles. The van der Waals surface area contributed by atoms with E-state index in [0.717, 1.165) is 30.5 Å². The van der Waals surface area contributed by atoms with Crippen LogP contribution in [0.25, 0.3) is 0 Å². The van der Waals surface area contributed by atoms with Gasteiger partial charge < -0.3 is 4.57 Å². The van der Waals surface area contributed by atoms with E-state index in [4.69, 9.17) is 11.6 Å². The third-order valence-corrected chi connectivity index (χ3v) is 4.64. The Kier molecular flexibility index (Phi) is 2.27. The van der Waals surface area contributed by atoms with Crippen molar-refractivity contribution in [3.05, 3.63) is 32.1 Å². The van der Waals surface area contributed by atoms with Gasteiger partial charge in [-0.25, -0.2) is 4.79 Å². The molecule has 17 heavy (non-hydrogen) atoms. The van der Waals surface area contributed by atoms with E-state index < -0.39 is 0 Å². The minimum absolute atomic E-state index is 0.124. The molecule has 1 fully saturated rings. The Morgan fingerprint density at radius 2 is 1.88 bits per heavy atom. The van der Waals surface area contributed by atoms with Gasteiger partial charge in [0.15, 0.2) is 0 Å². The zero-order valence-corrected chi connectivity index (χ0v) is 10.7. The van der Waals surface area contributed by atoms with Gasteiger partial charge in [-0.2, -0.15) is 0 Å². The Morgan fingerprint density at radius 1 is 1.18 bits per heavy atom. The third-order valence-electron chi connectivity index (χ3n) is 4.29. The van der Waals surface area contributed by atoms with E-state index in [-0.39, 0.29) is 22.5 Å². The second-order valence-corrected chi connectivity index (χ2v) is 5.82. The van der Waals surface area contributed by atoms with Crippen LogP contribution < -0.4 is 11.2 Å². The average molecular weight is 255 g/mol. The van der Waals surface area contributed by atoms with Crippen LogP contribution in [0, 0.1) is 5.92 Å². The predicted molar refractivity (Wildman–Crippen MR) is 65.7 cm³/mol. The minimum atomic E-state index is -0.226. The number of nitrogens with zero attached hydrogens (tertiary/aromatic N) is 2. The first-order chi connectivity index (χ1) is 8.00. The first kappa shape index (κ1) is 11.1. The average Bonchev–Trinajstić information content (AvgIpc) is 2.79. The summed E-state index contributed by atoms with van der Waals surface area (Å²) < 4.78 is 2.83. The second-order valence-electron chi connectivity index (χ2n) is 5.21. The molecule has 4 nitrogen and oxygen atoms in total. The van der Waals surface area contributed by atoms with E-state index in [1.54, 1.807) is 18.7 Å². The summed E-state index contributed by atoms with van der Waals surface area (Å²) in [6.45, 7) is 0. The van der Waals surface area contributed by atoms with Crippen molar-refractivity contribution in [3.8, 4) is 0 Å². The Bertz CT molecular complexity index is 602. The summed E-state index contributed by atoms with van der Waals surface area (Å²) in [5.41, 5.74) is 1.41. The molecule has 3 atom stereocenters. The number of fused-ring (bicyclic) bond motifs is 3. The maximum Gasteiger partial charge on any atom is 0.330 e. The summed E-state index contributed by atoms with van der Waals surface area (Å²) in [4.78, 5) is 24.0. The zero-order chi connectivity index (χ0) is 12.3. The Hall–Kier alpha value is -1.03. The van der Waals surface area contributed by atoms with Gasteiger partial charge in [0, 0.05) is 30.7 Å². The topological polar surface area (TPSA) is 44.0 Å². The molecular weight excluding hydrogens is 240 g/mol. The van der Waals surface area contributed by atoms with Gasteiger partial charge in [-0.15, -0.1) is 11.6 Å². The van der Waals surface area contributed by atoms with E-state index in [1.165, 1.54) is 4.57 Å². The van der Waals surface area contributed by atoms with E-state index in [9.17, 15) is 9.59 Å². The maximum absolute atomic E-state index is 12.2. The van der Waals surface area contributed by atoms with E-state index in [2.05, 4.69) is 0 Å². The molecule has 0 aliphatic heterocycles. The molecule has 0 spiro atoms. The first-order valence-corrected chi connectivity index (χ1v) is 6.37. The number of hydrogen-bond donors (Lipinski definition) is 0. The Balaban J connectivity index is 2.27. The highest BCUT2D eigenvalue weighted by Crippen LogP contribution is 2.48. The third kappa shape index (κ3) is 1.36. The van der Waals surface area contributed by atoms with Crippen molar-refractivity contribution in [1.29, 1.82) is 0 Å². The Morgan fingerprint density at radius 3 is 2.59 bits per heavy atom. The van der Waals surface area contributed by atoms with Crippen molar-refractivity contribution in [1.82, 2.24) is 9.13 Å². The molecule has 92 valence electrons. The van der Waals surface area contributed by atoms with Gasteiger partial charge in [-0.3, -0.25) is 9.36 Å². The molecule has 0 N–H and O–H groups in total. The van der Waals surface area contributed by atoms with Gasteiger partial charge in [0.1, 0.15) is 0 Å². The van der Waals surface area contributed by atoms with Crippen LogP contribution in [0.1, 0.15) is 30.0 Å². The van der Waals surface area contributed by atoms with Crippen molar-refractivity contribution in [2.24, 2.45) is 20.0 Å². The van der Waals surface area contributed by atoms with Crippen molar-refractivity contribution in [2.75, 3.05) is 0 Å². The SMILES string of the molecule is Cn1c2c(c(=O)n(C)c1=O)[C@H]1C[C@H](Cl)C[C@H]1C2. The summed E-state index contributed by atoms with van der Waals surface area (Å²) in [5.74, 6) is 0.714. The first-order valence-electron chi connectivity index (χ1n) is 5.93. The molecule has 1 aromatic heterocycles. The summed E-state index contributed by atoms with van der Waals surface area (Å²) in [6.07, 6.45) is 2.65. The van der Waals surface area contributed by atoms with Crippen molar-refractivity contribution in [3.63, 3.8) is 0 Å². The molecule has 3 rings (SSSR count). The fraction of sp³-hybridized carbons (Fsp3) is 0.667. The van der Waals surface area contributed by atoms with Gasteiger partial charge in [0.25, 0.3) is 5.56 Å². The van der Waals surface area contributed by atoms with Crippen LogP contribution in [0.15, 0.2) is 9.59 Å². The highest BCUT2D eigenvalue weighted by atomic mass is 35.5. The van der Waals surface area contributed by atoms with Crippen molar-refractivity contribution >= 4 is 11.6 Å². The summed E-state index contributed by atoms with van der Waals surface area (Å²) in [7, 11) is 3.30. The molecule has 2 aliphatic rings. The largest absolute Gasteiger partial charge is 0.330 e. The highest BCUT2D eigenvalue weighted by Gasteiger charge is 2.43. The normalized spacial score (nSPS) is 30.4. The fourth-order valence-corrected chi connectivity index (χ4v) is 3.84. The number of rotatable bonds is 0. The van der Waals surface area contributed by atoms with Crippen molar-refractivity contribution in [2.45, 2.75) is 30.6 Å². The molecule has 0 aromatic carbocycles. The lowest BCUT2D eigenvalue weighted by Crippen LogP contribution is -2.40. The molecule has 1 saturated carbocycles. The summed E-state index contributed by atoms with van der Waals surface area (Å²) in [6, 6.07) is 0. The molecule has 5 heteroatoms. The minimum Gasteiger partial charge on any atom is -0.300 e. The molecule has 0 amide bonds. The van der Waals surface area contributed by atoms with Crippen LogP contribution >= 0.6 is 11.6 Å². The van der Waals surface area contributed by atoms with Crippen LogP contribution in [0.4, 0.5) is 0 Å². The number of hydrogen-bond acceptors (Lipinski definition) is 2. The van der Waals surface area contributed by atoms with Crippen LogP contribution in [-0.2, 0) is 20.5 Å². The lowest BCUT2D eigenvalue weighted by Gasteiger charge is -2.11. The molecular formula is C12H15ClN2O2. The quantitative estimate of drug-likeness (QED) is 0.641. The molecule has 0 saturated heterocycles. The highest BCUT2D eigenvalue weighted by molar-refractivity contribution is 6.20. The van der Waals surface area contributed by atoms with Crippen molar-refractivity contribution < 1.29 is 0 Å². The maximum atomic E-state index is 12.2. The zero-order valence-electron chi connectivity index (χ0n) is 9.94. The number of aromatic nitrogens is 2. The van der Waals surface area contributed by atoms with Gasteiger partial charge >= 0.3 is 5.69 Å². The fourth-order valence-electron chi connectivity index (χ4n) is 3.42. The molecule has 1 aromatic rings. The van der Waals surface area contributed by atoms with Gasteiger partial charge in [-0.1, -0.05) is 0 Å². The van der Waals surface area contributed by atoms with Crippen LogP contribution in [0.3, 0.4) is 0 Å². The van der Waals surface area contributed by atoms with Gasteiger partial charge in [0.2, 0.25) is 0 Å². The van der Waals surface area contributed by atoms with E-state index in [0.29, 0.717) is 5.92 Å². The van der Waals surface area contributed by atoms with E-state index >= 15 is 0 Å².